The first-order valence-corrected chi connectivity index (χ1v) is 10.0. The van der Waals surface area contributed by atoms with Crippen LogP contribution in [0.1, 0.15) is 21.6 Å². The molecule has 0 radical (unpaired) electrons. The predicted octanol–water partition coefficient (Wildman–Crippen LogP) is 5.00. The summed E-state index contributed by atoms with van der Waals surface area (Å²) in [5.41, 5.74) is 4.65. The Morgan fingerprint density at radius 1 is 1.23 bits per heavy atom. The first kappa shape index (κ1) is 19.4. The van der Waals surface area contributed by atoms with Crippen molar-refractivity contribution in [2.45, 2.75) is 6.61 Å². The number of fused-ring (bicyclic) bond motifs is 1. The van der Waals surface area contributed by atoms with Gasteiger partial charge in [-0.3, -0.25) is 4.79 Å². The van der Waals surface area contributed by atoms with E-state index >= 15 is 0 Å². The lowest BCUT2D eigenvalue weighted by molar-refractivity contribution is 0.104. The second-order valence-corrected chi connectivity index (χ2v) is 7.17. The maximum atomic E-state index is 13.0. The van der Waals surface area contributed by atoms with Gasteiger partial charge in [0, 0.05) is 28.0 Å². The number of carbonyl (C=O) groups is 1. The second-order valence-electron chi connectivity index (χ2n) is 6.45. The number of thiazole rings is 1. The third kappa shape index (κ3) is 4.09. The second kappa shape index (κ2) is 8.64. The zero-order valence-electron chi connectivity index (χ0n) is 16.1. The van der Waals surface area contributed by atoms with Gasteiger partial charge in [0.2, 0.25) is 5.78 Å². The average molecular weight is 415 g/mol. The molecule has 4 rings (SSSR count). The zero-order chi connectivity index (χ0) is 20.9. The molecule has 0 spiro atoms. The summed E-state index contributed by atoms with van der Waals surface area (Å²) in [6, 6.07) is 14.7. The molecule has 0 unspecified atom stereocenters. The molecule has 0 atom stereocenters. The minimum Gasteiger partial charge on any atom is -0.497 e. The number of nitrogens with zero attached hydrogens (tertiary/aromatic N) is 2. The number of ketones is 1. The number of ether oxygens (including phenoxy) is 2. The molecule has 1 N–H and O–H groups in total. The smallest absolute Gasteiger partial charge is 0.205 e. The van der Waals surface area contributed by atoms with Gasteiger partial charge in [0.15, 0.2) is 0 Å². The molecule has 0 fully saturated rings. The Morgan fingerprint density at radius 2 is 2.03 bits per heavy atom. The lowest BCUT2D eigenvalue weighted by Crippen LogP contribution is -2.01. The molecule has 0 bridgehead atoms. The lowest BCUT2D eigenvalue weighted by Gasteiger charge is -2.05. The Kier molecular flexibility index (Phi) is 5.59. The number of aromatic nitrogens is 2. The fraction of sp³-hybridized carbons (Fsp3) is 0.0870. The van der Waals surface area contributed by atoms with Gasteiger partial charge in [-0.1, -0.05) is 12.1 Å². The number of nitriles is 1. The van der Waals surface area contributed by atoms with Gasteiger partial charge in [0.25, 0.3) is 0 Å². The number of methoxy groups -OCH3 is 1. The van der Waals surface area contributed by atoms with E-state index < -0.39 is 0 Å². The van der Waals surface area contributed by atoms with Gasteiger partial charge in [-0.05, 0) is 42.0 Å². The molecular formula is C23H17N3O3S. The fourth-order valence-corrected chi connectivity index (χ4v) is 3.54. The topological polar surface area (TPSA) is 88.0 Å². The normalized spacial score (nSPS) is 11.3. The van der Waals surface area contributed by atoms with Crippen molar-refractivity contribution < 1.29 is 14.3 Å². The molecule has 7 heteroatoms. The maximum absolute atomic E-state index is 13.0. The number of benzene rings is 2. The molecule has 2 aromatic carbocycles. The van der Waals surface area contributed by atoms with E-state index in [1.54, 1.807) is 55.2 Å². The van der Waals surface area contributed by atoms with E-state index in [2.05, 4.69) is 9.97 Å². The van der Waals surface area contributed by atoms with Gasteiger partial charge in [0.1, 0.15) is 29.7 Å². The predicted molar refractivity (Wildman–Crippen MR) is 116 cm³/mol. The van der Waals surface area contributed by atoms with Crippen LogP contribution in [0.5, 0.6) is 11.5 Å². The van der Waals surface area contributed by atoms with Crippen LogP contribution in [0, 0.1) is 11.3 Å². The number of hydrogen-bond acceptors (Lipinski definition) is 6. The van der Waals surface area contributed by atoms with E-state index in [4.69, 9.17) is 9.47 Å². The van der Waals surface area contributed by atoms with Crippen LogP contribution in [0.25, 0.3) is 17.0 Å². The van der Waals surface area contributed by atoms with Gasteiger partial charge in [-0.2, -0.15) is 5.26 Å². The SMILES string of the molecule is COc1ccc2[nH]cc(C(=O)C(C#N)=Cc3ccc(OCc4cscn4)cc3)c2c1. The summed E-state index contributed by atoms with van der Waals surface area (Å²) in [7, 11) is 1.57. The van der Waals surface area contributed by atoms with Crippen molar-refractivity contribution in [3.05, 3.63) is 81.9 Å². The van der Waals surface area contributed by atoms with Crippen molar-refractivity contribution in [3.63, 3.8) is 0 Å². The average Bonchev–Trinajstić information content (AvgIpc) is 3.45. The van der Waals surface area contributed by atoms with Gasteiger partial charge >= 0.3 is 0 Å². The minimum atomic E-state index is -0.346. The highest BCUT2D eigenvalue weighted by atomic mass is 32.1. The van der Waals surface area contributed by atoms with Gasteiger partial charge < -0.3 is 14.5 Å². The van der Waals surface area contributed by atoms with E-state index in [1.165, 1.54) is 11.3 Å². The number of H-pyrrole nitrogens is 1. The molecule has 2 heterocycles. The molecule has 0 saturated heterocycles. The number of rotatable bonds is 7. The van der Waals surface area contributed by atoms with Crippen LogP contribution in [0.2, 0.25) is 0 Å². The van der Waals surface area contributed by atoms with E-state index in [0.717, 1.165) is 16.8 Å². The minimum absolute atomic E-state index is 0.0508. The van der Waals surface area contributed by atoms with Crippen LogP contribution < -0.4 is 9.47 Å². The van der Waals surface area contributed by atoms with Gasteiger partial charge in [-0.25, -0.2) is 4.98 Å². The zero-order valence-corrected chi connectivity index (χ0v) is 16.9. The highest BCUT2D eigenvalue weighted by molar-refractivity contribution is 7.07. The number of Topliss-reactive ketones (excluding diaryl/α,β-unsaturated/α-hetero) is 1. The molecule has 4 aromatic rings. The quantitative estimate of drug-likeness (QED) is 0.261. The van der Waals surface area contributed by atoms with Gasteiger partial charge in [0.05, 0.1) is 18.3 Å². The summed E-state index contributed by atoms with van der Waals surface area (Å²) in [5, 5.41) is 12.2. The van der Waals surface area contributed by atoms with Crippen molar-refractivity contribution >= 4 is 34.1 Å². The van der Waals surface area contributed by atoms with Crippen LogP contribution in [-0.4, -0.2) is 22.9 Å². The highest BCUT2D eigenvalue weighted by Gasteiger charge is 2.17. The Labute approximate surface area is 177 Å². The highest BCUT2D eigenvalue weighted by Crippen LogP contribution is 2.26. The Morgan fingerprint density at radius 3 is 2.73 bits per heavy atom. The van der Waals surface area contributed by atoms with Crippen LogP contribution in [0.15, 0.2) is 65.1 Å². The standard InChI is InChI=1S/C23H17N3O3S/c1-28-19-6-7-22-20(9-19)21(11-25-22)23(27)16(10-24)8-15-2-4-18(5-3-15)29-12-17-13-30-14-26-17/h2-9,11,13-14,25H,12H2,1H3. The van der Waals surface area contributed by atoms with Crippen LogP contribution in [0.3, 0.4) is 0 Å². The van der Waals surface area contributed by atoms with Crippen molar-refractivity contribution in [1.29, 1.82) is 5.26 Å². The molecule has 0 aliphatic carbocycles. The lowest BCUT2D eigenvalue weighted by atomic mass is 10.0. The van der Waals surface area contributed by atoms with E-state index in [1.807, 2.05) is 23.6 Å². The van der Waals surface area contributed by atoms with E-state index in [9.17, 15) is 10.1 Å². The van der Waals surface area contributed by atoms with Gasteiger partial charge in [-0.15, -0.1) is 11.3 Å². The van der Waals surface area contributed by atoms with Crippen LogP contribution in [0.4, 0.5) is 0 Å². The van der Waals surface area contributed by atoms with E-state index in [0.29, 0.717) is 29.1 Å². The van der Waals surface area contributed by atoms with Crippen molar-refractivity contribution in [2.75, 3.05) is 7.11 Å². The molecule has 0 amide bonds. The number of carbonyl (C=O) groups excluding carboxylic acids is 1. The molecule has 148 valence electrons. The molecule has 0 aliphatic heterocycles. The summed E-state index contributed by atoms with van der Waals surface area (Å²) in [4.78, 5) is 20.2. The Bertz CT molecular complexity index is 1250. The Hall–Kier alpha value is -3.89. The monoisotopic (exact) mass is 415 g/mol. The first-order chi connectivity index (χ1) is 14.7. The molecule has 30 heavy (non-hydrogen) atoms. The molecule has 6 nitrogen and oxygen atoms in total. The van der Waals surface area contributed by atoms with E-state index in [-0.39, 0.29) is 11.4 Å². The summed E-state index contributed by atoms with van der Waals surface area (Å²) < 4.78 is 10.9. The summed E-state index contributed by atoms with van der Waals surface area (Å²) in [5.74, 6) is 0.987. The Balaban J connectivity index is 1.54. The first-order valence-electron chi connectivity index (χ1n) is 9.09. The largest absolute Gasteiger partial charge is 0.497 e. The van der Waals surface area contributed by atoms with Crippen LogP contribution >= 0.6 is 11.3 Å². The summed E-state index contributed by atoms with van der Waals surface area (Å²) >= 11 is 1.52. The van der Waals surface area contributed by atoms with Crippen molar-refractivity contribution in [1.82, 2.24) is 9.97 Å². The third-order valence-corrected chi connectivity index (χ3v) is 5.20. The van der Waals surface area contributed by atoms with Crippen molar-refractivity contribution in [3.8, 4) is 17.6 Å². The maximum Gasteiger partial charge on any atom is 0.205 e. The number of hydrogen-bond donors (Lipinski definition) is 1. The molecular weight excluding hydrogens is 398 g/mol. The summed E-state index contributed by atoms with van der Waals surface area (Å²) in [6.45, 7) is 0.393. The van der Waals surface area contributed by atoms with Crippen molar-refractivity contribution in [2.24, 2.45) is 0 Å². The molecule has 0 saturated carbocycles. The number of nitrogens with one attached hydrogen (secondary N) is 1. The van der Waals surface area contributed by atoms with Crippen LogP contribution in [-0.2, 0) is 6.61 Å². The molecule has 2 aromatic heterocycles. The molecule has 0 aliphatic rings. The third-order valence-electron chi connectivity index (χ3n) is 4.56. The fourth-order valence-electron chi connectivity index (χ4n) is 3.00. The summed E-state index contributed by atoms with van der Waals surface area (Å²) in [6.07, 6.45) is 3.19. The number of aromatic amines is 1. The number of allylic oxidation sites excluding steroid dienone is 1.